The fraction of sp³-hybridized carbons (Fsp3) is 0.633. The van der Waals surface area contributed by atoms with E-state index in [1.165, 1.54) is 89.0 Å². The Kier molecular flexibility index (Phi) is 9.92. The minimum atomic E-state index is 0.754. The summed E-state index contributed by atoms with van der Waals surface area (Å²) in [6.45, 7) is 6.89. The summed E-state index contributed by atoms with van der Waals surface area (Å²) < 4.78 is 0. The number of nitrogens with zero attached hydrogens (tertiary/aromatic N) is 1. The zero-order chi connectivity index (χ0) is 21.9. The van der Waals surface area contributed by atoms with E-state index in [0.717, 1.165) is 30.1 Å². The SMILES string of the molecule is C=C(C1CCC(CCC=CC#N)CC1)C1CCC(c2ccc(CCCCC)cc2)CC1. The first-order chi connectivity index (χ1) is 15.2. The standard InChI is InChI=1S/C30H43N/c1-3-4-6-9-25-13-17-29(18-14-25)30-21-19-28(20-22-30)24(2)27-15-11-26(12-16-27)10-7-5-8-23-31/h5,8,13-14,17-18,26-28,30H,2-4,6-7,9-12,15-16,19-22H2,1H3. The fourth-order valence-electron chi connectivity index (χ4n) is 5.96. The van der Waals surface area contributed by atoms with Crippen molar-refractivity contribution < 1.29 is 0 Å². The van der Waals surface area contributed by atoms with Gasteiger partial charge in [-0.05, 0) is 112 Å². The molecule has 168 valence electrons. The number of benzene rings is 1. The van der Waals surface area contributed by atoms with Gasteiger partial charge in [-0.15, -0.1) is 0 Å². The topological polar surface area (TPSA) is 23.8 Å². The first-order valence-corrected chi connectivity index (χ1v) is 13.0. The van der Waals surface area contributed by atoms with Gasteiger partial charge in [0.25, 0.3) is 0 Å². The number of hydrogen-bond donors (Lipinski definition) is 0. The van der Waals surface area contributed by atoms with E-state index >= 15 is 0 Å². The number of allylic oxidation sites excluding steroid dienone is 3. The van der Waals surface area contributed by atoms with Crippen LogP contribution in [0, 0.1) is 29.1 Å². The highest BCUT2D eigenvalue weighted by Crippen LogP contribution is 2.44. The van der Waals surface area contributed by atoms with Crippen LogP contribution in [0.4, 0.5) is 0 Å². The van der Waals surface area contributed by atoms with Crippen LogP contribution < -0.4 is 0 Å². The quantitative estimate of drug-likeness (QED) is 0.212. The Bertz CT molecular complexity index is 719. The number of rotatable bonds is 10. The lowest BCUT2D eigenvalue weighted by Crippen LogP contribution is -2.22. The van der Waals surface area contributed by atoms with E-state index in [2.05, 4.69) is 43.8 Å². The van der Waals surface area contributed by atoms with Crippen LogP contribution in [-0.4, -0.2) is 0 Å². The maximum atomic E-state index is 8.60. The molecular formula is C30H43N. The Morgan fingerprint density at radius 2 is 1.61 bits per heavy atom. The van der Waals surface area contributed by atoms with Crippen molar-refractivity contribution in [2.24, 2.45) is 17.8 Å². The molecule has 0 atom stereocenters. The van der Waals surface area contributed by atoms with Crippen molar-refractivity contribution in [3.05, 3.63) is 59.7 Å². The zero-order valence-corrected chi connectivity index (χ0v) is 19.8. The molecule has 0 bridgehead atoms. The molecule has 0 radical (unpaired) electrons. The van der Waals surface area contributed by atoms with Gasteiger partial charge in [-0.1, -0.05) is 62.3 Å². The molecule has 1 aromatic rings. The van der Waals surface area contributed by atoms with Gasteiger partial charge in [0.05, 0.1) is 6.07 Å². The molecule has 0 aromatic heterocycles. The highest BCUT2D eigenvalue weighted by molar-refractivity contribution is 5.26. The molecule has 1 heteroatoms. The lowest BCUT2D eigenvalue weighted by molar-refractivity contribution is 0.260. The van der Waals surface area contributed by atoms with Gasteiger partial charge in [0.1, 0.15) is 0 Å². The van der Waals surface area contributed by atoms with Crippen LogP contribution in [0.2, 0.25) is 0 Å². The predicted molar refractivity (Wildman–Crippen MR) is 133 cm³/mol. The van der Waals surface area contributed by atoms with Gasteiger partial charge >= 0.3 is 0 Å². The summed E-state index contributed by atoms with van der Waals surface area (Å²) in [6.07, 6.45) is 21.9. The van der Waals surface area contributed by atoms with Crippen molar-refractivity contribution in [3.8, 4) is 6.07 Å². The third-order valence-electron chi connectivity index (χ3n) is 8.08. The smallest absolute Gasteiger partial charge is 0.0908 e. The highest BCUT2D eigenvalue weighted by atomic mass is 14.3. The lowest BCUT2D eigenvalue weighted by Gasteiger charge is -2.36. The van der Waals surface area contributed by atoms with Crippen LogP contribution in [0.25, 0.3) is 0 Å². The second-order valence-corrected chi connectivity index (χ2v) is 10.1. The van der Waals surface area contributed by atoms with Crippen LogP contribution in [0.15, 0.2) is 48.6 Å². The summed E-state index contributed by atoms with van der Waals surface area (Å²) >= 11 is 0. The third kappa shape index (κ3) is 7.38. The van der Waals surface area contributed by atoms with E-state index in [4.69, 9.17) is 5.26 Å². The summed E-state index contributed by atoms with van der Waals surface area (Å²) in [7, 11) is 0. The molecule has 0 saturated heterocycles. The van der Waals surface area contributed by atoms with Gasteiger partial charge in [-0.3, -0.25) is 0 Å². The predicted octanol–water partition coefficient (Wildman–Crippen LogP) is 8.92. The second kappa shape index (κ2) is 12.9. The monoisotopic (exact) mass is 417 g/mol. The third-order valence-corrected chi connectivity index (χ3v) is 8.08. The Morgan fingerprint density at radius 1 is 0.968 bits per heavy atom. The lowest BCUT2D eigenvalue weighted by atomic mass is 9.69. The Morgan fingerprint density at radius 3 is 2.23 bits per heavy atom. The summed E-state index contributed by atoms with van der Waals surface area (Å²) in [5.74, 6) is 3.12. The molecule has 0 unspecified atom stereocenters. The van der Waals surface area contributed by atoms with Crippen molar-refractivity contribution in [2.45, 2.75) is 103 Å². The van der Waals surface area contributed by atoms with Crippen molar-refractivity contribution in [1.82, 2.24) is 0 Å². The molecule has 2 aliphatic rings. The van der Waals surface area contributed by atoms with Crippen molar-refractivity contribution in [2.75, 3.05) is 0 Å². The Labute approximate surface area is 191 Å². The number of aryl methyl sites for hydroxylation is 1. The average molecular weight is 418 g/mol. The molecule has 0 aliphatic heterocycles. The molecule has 1 nitrogen and oxygen atoms in total. The first-order valence-electron chi connectivity index (χ1n) is 13.0. The first kappa shape index (κ1) is 23.8. The molecule has 3 rings (SSSR count). The molecule has 0 heterocycles. The highest BCUT2D eigenvalue weighted by Gasteiger charge is 2.29. The fourth-order valence-corrected chi connectivity index (χ4v) is 5.96. The number of unbranched alkanes of at least 4 members (excludes halogenated alkanes) is 2. The van der Waals surface area contributed by atoms with Gasteiger partial charge in [0.15, 0.2) is 0 Å². The van der Waals surface area contributed by atoms with Crippen LogP contribution >= 0.6 is 0 Å². The molecule has 2 saturated carbocycles. The molecule has 0 N–H and O–H groups in total. The number of hydrogen-bond acceptors (Lipinski definition) is 1. The summed E-state index contributed by atoms with van der Waals surface area (Å²) in [5, 5.41) is 8.60. The molecule has 2 aliphatic carbocycles. The van der Waals surface area contributed by atoms with Gasteiger partial charge in [0.2, 0.25) is 0 Å². The molecule has 0 amide bonds. The van der Waals surface area contributed by atoms with Crippen LogP contribution in [0.3, 0.4) is 0 Å². The van der Waals surface area contributed by atoms with Gasteiger partial charge in [-0.2, -0.15) is 5.26 Å². The second-order valence-electron chi connectivity index (χ2n) is 10.1. The minimum absolute atomic E-state index is 0.754. The maximum absolute atomic E-state index is 8.60. The number of nitriles is 1. The molecular weight excluding hydrogens is 374 g/mol. The maximum Gasteiger partial charge on any atom is 0.0908 e. The van der Waals surface area contributed by atoms with E-state index < -0.39 is 0 Å². The largest absolute Gasteiger partial charge is 0.193 e. The summed E-state index contributed by atoms with van der Waals surface area (Å²) in [6, 6.07) is 11.7. The van der Waals surface area contributed by atoms with Gasteiger partial charge < -0.3 is 0 Å². The zero-order valence-electron chi connectivity index (χ0n) is 19.8. The summed E-state index contributed by atoms with van der Waals surface area (Å²) in [4.78, 5) is 0. The van der Waals surface area contributed by atoms with E-state index in [1.54, 1.807) is 17.2 Å². The molecule has 1 aromatic carbocycles. The van der Waals surface area contributed by atoms with Crippen molar-refractivity contribution >= 4 is 0 Å². The van der Waals surface area contributed by atoms with Gasteiger partial charge in [0, 0.05) is 6.08 Å². The molecule has 0 spiro atoms. The van der Waals surface area contributed by atoms with E-state index in [9.17, 15) is 0 Å². The van der Waals surface area contributed by atoms with Crippen molar-refractivity contribution in [1.29, 1.82) is 5.26 Å². The van der Waals surface area contributed by atoms with Crippen LogP contribution in [0.1, 0.15) is 107 Å². The van der Waals surface area contributed by atoms with E-state index in [-0.39, 0.29) is 0 Å². The van der Waals surface area contributed by atoms with E-state index in [1.807, 2.05) is 6.08 Å². The van der Waals surface area contributed by atoms with Crippen molar-refractivity contribution in [3.63, 3.8) is 0 Å². The minimum Gasteiger partial charge on any atom is -0.193 e. The molecule has 31 heavy (non-hydrogen) atoms. The molecule has 2 fully saturated rings. The van der Waals surface area contributed by atoms with Crippen LogP contribution in [0.5, 0.6) is 0 Å². The normalized spacial score (nSPS) is 26.6. The Balaban J connectivity index is 1.39. The summed E-state index contributed by atoms with van der Waals surface area (Å²) in [5.41, 5.74) is 4.65. The van der Waals surface area contributed by atoms with Crippen LogP contribution in [-0.2, 0) is 6.42 Å². The van der Waals surface area contributed by atoms with E-state index in [0.29, 0.717) is 0 Å². The Hall–Kier alpha value is -1.81. The average Bonchev–Trinajstić information content (AvgIpc) is 2.83. The van der Waals surface area contributed by atoms with Gasteiger partial charge in [-0.25, -0.2) is 0 Å².